The Morgan fingerprint density at radius 2 is 1.43 bits per heavy atom. The zero-order chi connectivity index (χ0) is 33.3. The van der Waals surface area contributed by atoms with Crippen LogP contribution < -0.4 is 29.2 Å². The fraction of sp³-hybridized carbons (Fsp3) is 0.167. The van der Waals surface area contributed by atoms with Crippen molar-refractivity contribution < 1.29 is 42.9 Å². The standard InChI is InChI=1S/C36H32N2O9/c1-4-45-32-19-24(18-28-33(39)37-36(42)38(34(28)40)27-14-12-26(13-15-27)35(41)44-3)10-16-30(32)47-22-25-11-17-29(31(20-25)43-2)46-21-23-8-6-5-7-9-23/h5-20H,4,21-22H2,1-3H3,(H,37,39,42)/b28-18-. The number of barbiturate groups is 1. The van der Waals surface area contributed by atoms with Crippen molar-refractivity contribution in [2.24, 2.45) is 0 Å². The number of esters is 1. The minimum atomic E-state index is -0.908. The van der Waals surface area contributed by atoms with Gasteiger partial charge in [0.1, 0.15) is 18.8 Å². The number of ether oxygens (including phenoxy) is 5. The van der Waals surface area contributed by atoms with Gasteiger partial charge in [0.25, 0.3) is 11.8 Å². The summed E-state index contributed by atoms with van der Waals surface area (Å²) >= 11 is 0. The first kappa shape index (κ1) is 32.3. The van der Waals surface area contributed by atoms with Gasteiger partial charge in [0.15, 0.2) is 23.0 Å². The quantitative estimate of drug-likeness (QED) is 0.118. The summed E-state index contributed by atoms with van der Waals surface area (Å²) in [5.74, 6) is -0.227. The molecule has 4 amide bonds. The van der Waals surface area contributed by atoms with Crippen molar-refractivity contribution >= 4 is 35.6 Å². The van der Waals surface area contributed by atoms with Crippen molar-refractivity contribution in [1.29, 1.82) is 0 Å². The van der Waals surface area contributed by atoms with Gasteiger partial charge < -0.3 is 23.7 Å². The Labute approximate surface area is 271 Å². The number of anilines is 1. The van der Waals surface area contributed by atoms with Crippen molar-refractivity contribution in [2.45, 2.75) is 20.1 Å². The molecule has 1 heterocycles. The lowest BCUT2D eigenvalue weighted by Gasteiger charge is -2.26. The number of nitrogens with zero attached hydrogens (tertiary/aromatic N) is 1. The van der Waals surface area contributed by atoms with Gasteiger partial charge in [0, 0.05) is 0 Å². The summed E-state index contributed by atoms with van der Waals surface area (Å²) in [5.41, 5.74) is 2.48. The lowest BCUT2D eigenvalue weighted by atomic mass is 10.1. The first-order valence-corrected chi connectivity index (χ1v) is 14.6. The average Bonchev–Trinajstić information content (AvgIpc) is 3.09. The first-order valence-electron chi connectivity index (χ1n) is 14.6. The number of methoxy groups -OCH3 is 2. The summed E-state index contributed by atoms with van der Waals surface area (Å²) in [6, 6.07) is 25.1. The second kappa shape index (κ2) is 14.8. The van der Waals surface area contributed by atoms with Crippen LogP contribution in [-0.4, -0.2) is 44.6 Å². The van der Waals surface area contributed by atoms with Crippen molar-refractivity contribution in [2.75, 3.05) is 25.7 Å². The van der Waals surface area contributed by atoms with E-state index in [2.05, 4.69) is 10.1 Å². The van der Waals surface area contributed by atoms with E-state index in [4.69, 9.17) is 18.9 Å². The Kier molecular flexibility index (Phi) is 10.2. The van der Waals surface area contributed by atoms with Gasteiger partial charge in [-0.05, 0) is 78.2 Å². The molecule has 0 radical (unpaired) electrons. The van der Waals surface area contributed by atoms with Crippen LogP contribution in [-0.2, 0) is 27.5 Å². The van der Waals surface area contributed by atoms with Gasteiger partial charge in [-0.1, -0.05) is 42.5 Å². The van der Waals surface area contributed by atoms with E-state index in [9.17, 15) is 19.2 Å². The molecule has 1 fully saturated rings. The molecule has 240 valence electrons. The van der Waals surface area contributed by atoms with Gasteiger partial charge in [-0.15, -0.1) is 0 Å². The zero-order valence-electron chi connectivity index (χ0n) is 26.0. The number of nitrogens with one attached hydrogen (secondary N) is 1. The molecule has 11 nitrogen and oxygen atoms in total. The van der Waals surface area contributed by atoms with Crippen LogP contribution in [0.25, 0.3) is 6.08 Å². The van der Waals surface area contributed by atoms with Crippen molar-refractivity contribution in [3.63, 3.8) is 0 Å². The molecule has 0 saturated carbocycles. The molecule has 4 aromatic rings. The summed E-state index contributed by atoms with van der Waals surface area (Å²) in [7, 11) is 2.82. The van der Waals surface area contributed by atoms with E-state index in [1.54, 1.807) is 25.3 Å². The number of benzene rings is 4. The Morgan fingerprint density at radius 3 is 2.11 bits per heavy atom. The Morgan fingerprint density at radius 1 is 0.745 bits per heavy atom. The predicted octanol–water partition coefficient (Wildman–Crippen LogP) is 5.70. The fourth-order valence-electron chi connectivity index (χ4n) is 4.74. The number of amides is 4. The average molecular weight is 637 g/mol. The summed E-state index contributed by atoms with van der Waals surface area (Å²) in [4.78, 5) is 51.3. The zero-order valence-corrected chi connectivity index (χ0v) is 26.0. The van der Waals surface area contributed by atoms with Crippen LogP contribution in [0.4, 0.5) is 10.5 Å². The number of carbonyl (C=O) groups is 4. The largest absolute Gasteiger partial charge is 0.493 e. The van der Waals surface area contributed by atoms with Crippen LogP contribution in [0.3, 0.4) is 0 Å². The Balaban J connectivity index is 1.31. The third-order valence-electron chi connectivity index (χ3n) is 7.09. The van der Waals surface area contributed by atoms with E-state index in [-0.39, 0.29) is 23.4 Å². The van der Waals surface area contributed by atoms with E-state index >= 15 is 0 Å². The minimum Gasteiger partial charge on any atom is -0.493 e. The second-order valence-electron chi connectivity index (χ2n) is 10.2. The smallest absolute Gasteiger partial charge is 0.337 e. The highest BCUT2D eigenvalue weighted by Gasteiger charge is 2.37. The maximum atomic E-state index is 13.4. The molecular weight excluding hydrogens is 604 g/mol. The molecule has 0 bridgehead atoms. The fourth-order valence-corrected chi connectivity index (χ4v) is 4.74. The highest BCUT2D eigenvalue weighted by Crippen LogP contribution is 2.33. The normalized spacial score (nSPS) is 13.6. The van der Waals surface area contributed by atoms with Gasteiger partial charge >= 0.3 is 12.0 Å². The highest BCUT2D eigenvalue weighted by molar-refractivity contribution is 6.39. The van der Waals surface area contributed by atoms with Crippen LogP contribution in [0.2, 0.25) is 0 Å². The number of rotatable bonds is 12. The molecule has 1 aliphatic heterocycles. The highest BCUT2D eigenvalue weighted by atomic mass is 16.5. The van der Waals surface area contributed by atoms with E-state index < -0.39 is 23.8 Å². The van der Waals surface area contributed by atoms with E-state index in [1.165, 1.54) is 37.5 Å². The second-order valence-corrected chi connectivity index (χ2v) is 10.2. The van der Waals surface area contributed by atoms with Crippen molar-refractivity contribution in [3.05, 3.63) is 119 Å². The van der Waals surface area contributed by atoms with E-state index in [0.29, 0.717) is 41.8 Å². The Bertz CT molecular complexity index is 1820. The molecule has 0 aliphatic carbocycles. The molecular formula is C36H32N2O9. The summed E-state index contributed by atoms with van der Waals surface area (Å²) in [6.07, 6.45) is 1.37. The van der Waals surface area contributed by atoms with Crippen LogP contribution in [0.5, 0.6) is 23.0 Å². The van der Waals surface area contributed by atoms with Crippen LogP contribution in [0.15, 0.2) is 96.6 Å². The molecule has 4 aromatic carbocycles. The number of hydrogen-bond donors (Lipinski definition) is 1. The lowest BCUT2D eigenvalue weighted by Crippen LogP contribution is -2.54. The molecule has 11 heteroatoms. The minimum absolute atomic E-state index is 0.171. The summed E-state index contributed by atoms with van der Waals surface area (Å²) in [6.45, 7) is 2.75. The van der Waals surface area contributed by atoms with Gasteiger partial charge in [-0.2, -0.15) is 0 Å². The molecule has 47 heavy (non-hydrogen) atoms. The number of carbonyl (C=O) groups excluding carboxylic acids is 4. The van der Waals surface area contributed by atoms with Gasteiger partial charge in [-0.3, -0.25) is 14.9 Å². The van der Waals surface area contributed by atoms with Gasteiger partial charge in [0.05, 0.1) is 32.1 Å². The Hall–Kier alpha value is -6.10. The van der Waals surface area contributed by atoms with Crippen molar-refractivity contribution in [3.8, 4) is 23.0 Å². The lowest BCUT2D eigenvalue weighted by molar-refractivity contribution is -0.122. The number of imide groups is 2. The number of urea groups is 1. The van der Waals surface area contributed by atoms with E-state index in [1.807, 2.05) is 55.5 Å². The summed E-state index contributed by atoms with van der Waals surface area (Å²) in [5, 5.41) is 2.19. The van der Waals surface area contributed by atoms with Crippen LogP contribution >= 0.6 is 0 Å². The molecule has 5 rings (SSSR count). The predicted molar refractivity (Wildman–Crippen MR) is 172 cm³/mol. The maximum Gasteiger partial charge on any atom is 0.337 e. The van der Waals surface area contributed by atoms with E-state index in [0.717, 1.165) is 16.0 Å². The number of hydrogen-bond acceptors (Lipinski definition) is 9. The maximum absolute atomic E-state index is 13.4. The van der Waals surface area contributed by atoms with Gasteiger partial charge in [-0.25, -0.2) is 14.5 Å². The third-order valence-corrected chi connectivity index (χ3v) is 7.09. The molecule has 1 N–H and O–H groups in total. The summed E-state index contributed by atoms with van der Waals surface area (Å²) < 4.78 is 28.1. The molecule has 0 atom stereocenters. The third kappa shape index (κ3) is 7.59. The molecule has 0 unspecified atom stereocenters. The van der Waals surface area contributed by atoms with Crippen LogP contribution in [0.1, 0.15) is 34.0 Å². The van der Waals surface area contributed by atoms with Crippen LogP contribution in [0, 0.1) is 0 Å². The molecule has 1 aliphatic rings. The first-order chi connectivity index (χ1) is 22.8. The topological polar surface area (TPSA) is 130 Å². The SMILES string of the molecule is CCOc1cc(/C=C2/C(=O)NC(=O)N(c3ccc(C(=O)OC)cc3)C2=O)ccc1OCc1ccc(OCc2ccccc2)c(OC)c1. The van der Waals surface area contributed by atoms with Gasteiger partial charge in [0.2, 0.25) is 0 Å². The molecule has 1 saturated heterocycles. The molecule has 0 aromatic heterocycles. The monoisotopic (exact) mass is 636 g/mol. The van der Waals surface area contributed by atoms with Crippen molar-refractivity contribution in [1.82, 2.24) is 5.32 Å². The molecule has 0 spiro atoms.